The number of carbonyl (C=O) groups excluding carboxylic acids is 1. The minimum atomic E-state index is -0.0795. The van der Waals surface area contributed by atoms with Gasteiger partial charge in [-0.25, -0.2) is 0 Å². The highest BCUT2D eigenvalue weighted by molar-refractivity contribution is 6.20. The van der Waals surface area contributed by atoms with Gasteiger partial charge in [0.2, 0.25) is 5.91 Å². The van der Waals surface area contributed by atoms with E-state index in [1.807, 2.05) is 37.3 Å². The molecule has 0 saturated heterocycles. The summed E-state index contributed by atoms with van der Waals surface area (Å²) >= 11 is 6.20. The molecule has 2 unspecified atom stereocenters. The maximum atomic E-state index is 12.2. The van der Waals surface area contributed by atoms with Crippen LogP contribution in [0, 0.1) is 5.92 Å². The Morgan fingerprint density at radius 2 is 1.89 bits per heavy atom. The average molecular weight is 282 g/mol. The second kappa shape index (κ2) is 8.21. The number of rotatable bonds is 7. The van der Waals surface area contributed by atoms with E-state index >= 15 is 0 Å². The Hall–Kier alpha value is -1.02. The van der Waals surface area contributed by atoms with Gasteiger partial charge in [-0.05, 0) is 24.3 Å². The van der Waals surface area contributed by atoms with Crippen molar-refractivity contribution in [1.82, 2.24) is 5.32 Å². The topological polar surface area (TPSA) is 29.1 Å². The molecule has 0 radical (unpaired) electrons. The zero-order valence-electron chi connectivity index (χ0n) is 12.0. The highest BCUT2D eigenvalue weighted by Gasteiger charge is 2.19. The number of nitrogens with one attached hydrogen (secondary N) is 1. The molecule has 0 bridgehead atoms. The fourth-order valence-electron chi connectivity index (χ4n) is 2.19. The van der Waals surface area contributed by atoms with E-state index in [0.717, 1.165) is 18.4 Å². The van der Waals surface area contributed by atoms with Gasteiger partial charge in [-0.3, -0.25) is 4.79 Å². The molecule has 106 valence electrons. The van der Waals surface area contributed by atoms with Gasteiger partial charge in [-0.2, -0.15) is 0 Å². The third-order valence-corrected chi connectivity index (χ3v) is 3.48. The molecule has 3 heteroatoms. The van der Waals surface area contributed by atoms with Crippen LogP contribution < -0.4 is 5.32 Å². The number of amides is 1. The molecule has 0 saturated carbocycles. The predicted molar refractivity (Wildman–Crippen MR) is 81.6 cm³/mol. The van der Waals surface area contributed by atoms with Gasteiger partial charge in [-0.1, -0.05) is 51.1 Å². The van der Waals surface area contributed by atoms with Crippen LogP contribution in [0.2, 0.25) is 0 Å². The minimum absolute atomic E-state index is 0.0113. The minimum Gasteiger partial charge on any atom is -0.354 e. The molecule has 0 fully saturated rings. The van der Waals surface area contributed by atoms with Crippen LogP contribution in [-0.2, 0) is 4.79 Å². The number of benzene rings is 1. The molecular weight excluding hydrogens is 258 g/mol. The van der Waals surface area contributed by atoms with E-state index in [-0.39, 0.29) is 17.2 Å². The summed E-state index contributed by atoms with van der Waals surface area (Å²) in [5, 5.41) is 2.98. The molecule has 0 aliphatic carbocycles. The Kier molecular flexibility index (Phi) is 6.93. The summed E-state index contributed by atoms with van der Waals surface area (Å²) in [6.45, 7) is 6.84. The summed E-state index contributed by atoms with van der Waals surface area (Å²) < 4.78 is 0. The van der Waals surface area contributed by atoms with E-state index in [1.54, 1.807) is 0 Å². The lowest BCUT2D eigenvalue weighted by Gasteiger charge is -2.18. The van der Waals surface area contributed by atoms with Gasteiger partial charge in [0.1, 0.15) is 0 Å². The zero-order chi connectivity index (χ0) is 14.3. The lowest BCUT2D eigenvalue weighted by molar-refractivity contribution is -0.122. The third-order valence-electron chi connectivity index (χ3n) is 3.15. The summed E-state index contributed by atoms with van der Waals surface area (Å²) in [5.74, 6) is 0.544. The molecule has 1 N–H and O–H groups in total. The number of halogens is 1. The number of hydrogen-bond acceptors (Lipinski definition) is 1. The monoisotopic (exact) mass is 281 g/mol. The molecule has 0 aromatic heterocycles. The van der Waals surface area contributed by atoms with E-state index in [4.69, 9.17) is 11.6 Å². The maximum Gasteiger partial charge on any atom is 0.227 e. The molecule has 2 nitrogen and oxygen atoms in total. The average Bonchev–Trinajstić information content (AvgIpc) is 2.38. The van der Waals surface area contributed by atoms with Gasteiger partial charge in [0, 0.05) is 6.54 Å². The largest absolute Gasteiger partial charge is 0.354 e. The zero-order valence-corrected chi connectivity index (χ0v) is 12.8. The lowest BCUT2D eigenvalue weighted by Crippen LogP contribution is -2.34. The highest BCUT2D eigenvalue weighted by Crippen LogP contribution is 2.19. The van der Waals surface area contributed by atoms with Crippen molar-refractivity contribution < 1.29 is 4.79 Å². The lowest BCUT2D eigenvalue weighted by atomic mass is 9.95. The van der Waals surface area contributed by atoms with Crippen LogP contribution in [0.25, 0.3) is 0 Å². The Balaban J connectivity index is 2.51. The first-order valence-corrected chi connectivity index (χ1v) is 7.45. The van der Waals surface area contributed by atoms with E-state index in [1.165, 1.54) is 0 Å². The molecule has 0 aliphatic rings. The van der Waals surface area contributed by atoms with E-state index in [0.29, 0.717) is 12.5 Å². The maximum absolute atomic E-state index is 12.2. The second-order valence-electron chi connectivity index (χ2n) is 5.34. The van der Waals surface area contributed by atoms with Crippen LogP contribution in [0.3, 0.4) is 0 Å². The Morgan fingerprint density at radius 3 is 2.42 bits per heavy atom. The Bertz CT molecular complexity index is 378. The fraction of sp³-hybridized carbons (Fsp3) is 0.562. The molecule has 2 atom stereocenters. The van der Waals surface area contributed by atoms with Gasteiger partial charge in [0.15, 0.2) is 0 Å². The van der Waals surface area contributed by atoms with Crippen molar-refractivity contribution in [2.45, 2.75) is 44.9 Å². The van der Waals surface area contributed by atoms with E-state index in [9.17, 15) is 4.79 Å². The van der Waals surface area contributed by atoms with Crippen molar-refractivity contribution in [2.24, 2.45) is 5.92 Å². The molecule has 0 spiro atoms. The van der Waals surface area contributed by atoms with Gasteiger partial charge in [-0.15, -0.1) is 11.6 Å². The van der Waals surface area contributed by atoms with Gasteiger partial charge < -0.3 is 5.32 Å². The van der Waals surface area contributed by atoms with Crippen molar-refractivity contribution in [3.05, 3.63) is 35.9 Å². The first-order chi connectivity index (χ1) is 9.04. The Morgan fingerprint density at radius 1 is 1.26 bits per heavy atom. The fourth-order valence-corrected chi connectivity index (χ4v) is 2.62. The molecule has 1 amide bonds. The van der Waals surface area contributed by atoms with Crippen LogP contribution in [0.4, 0.5) is 0 Å². The van der Waals surface area contributed by atoms with Crippen LogP contribution in [-0.4, -0.2) is 17.8 Å². The SMILES string of the molecule is CCC(C(=O)NCC(Cl)CC(C)C)c1ccccc1. The van der Waals surface area contributed by atoms with Crippen LogP contribution in [0.5, 0.6) is 0 Å². The van der Waals surface area contributed by atoms with Gasteiger partial charge in [0.05, 0.1) is 11.3 Å². The first-order valence-electron chi connectivity index (χ1n) is 7.01. The van der Waals surface area contributed by atoms with E-state index in [2.05, 4.69) is 19.2 Å². The molecule has 0 aliphatic heterocycles. The van der Waals surface area contributed by atoms with Gasteiger partial charge >= 0.3 is 0 Å². The summed E-state index contributed by atoms with van der Waals surface area (Å²) in [7, 11) is 0. The normalized spacial score (nSPS) is 14.2. The Labute approximate surface area is 121 Å². The number of alkyl halides is 1. The number of hydrogen-bond donors (Lipinski definition) is 1. The van der Waals surface area contributed by atoms with Crippen molar-refractivity contribution in [3.63, 3.8) is 0 Å². The van der Waals surface area contributed by atoms with Crippen LogP contribution >= 0.6 is 11.6 Å². The molecule has 1 rings (SSSR count). The van der Waals surface area contributed by atoms with Crippen molar-refractivity contribution in [2.75, 3.05) is 6.54 Å². The standard InChI is InChI=1S/C16H24ClNO/c1-4-15(13-8-6-5-7-9-13)16(19)18-11-14(17)10-12(2)3/h5-9,12,14-15H,4,10-11H2,1-3H3,(H,18,19). The molecular formula is C16H24ClNO. The summed E-state index contributed by atoms with van der Waals surface area (Å²) in [5.41, 5.74) is 1.07. The molecule has 0 heterocycles. The van der Waals surface area contributed by atoms with Crippen molar-refractivity contribution >= 4 is 17.5 Å². The van der Waals surface area contributed by atoms with E-state index < -0.39 is 0 Å². The third kappa shape index (κ3) is 5.65. The smallest absolute Gasteiger partial charge is 0.227 e. The number of carbonyl (C=O) groups is 1. The summed E-state index contributed by atoms with van der Waals surface area (Å²) in [6, 6.07) is 9.90. The summed E-state index contributed by atoms with van der Waals surface area (Å²) in [6.07, 6.45) is 1.72. The van der Waals surface area contributed by atoms with Crippen LogP contribution in [0.1, 0.15) is 45.1 Å². The highest BCUT2D eigenvalue weighted by atomic mass is 35.5. The molecule has 19 heavy (non-hydrogen) atoms. The molecule has 1 aromatic carbocycles. The predicted octanol–water partition coefficient (Wildman–Crippen LogP) is 3.95. The van der Waals surface area contributed by atoms with Crippen LogP contribution in [0.15, 0.2) is 30.3 Å². The molecule has 1 aromatic rings. The van der Waals surface area contributed by atoms with Crippen molar-refractivity contribution in [3.8, 4) is 0 Å². The second-order valence-corrected chi connectivity index (χ2v) is 5.96. The van der Waals surface area contributed by atoms with Crippen molar-refractivity contribution in [1.29, 1.82) is 0 Å². The van der Waals surface area contributed by atoms with Gasteiger partial charge in [0.25, 0.3) is 0 Å². The summed E-state index contributed by atoms with van der Waals surface area (Å²) in [4.78, 5) is 12.2. The quantitative estimate of drug-likeness (QED) is 0.754. The first kappa shape index (κ1) is 16.0.